The molecule has 0 unspecified atom stereocenters. The number of benzene rings is 1. The van der Waals surface area contributed by atoms with E-state index in [1.54, 1.807) is 0 Å². The number of pyridine rings is 1. The minimum Gasteiger partial charge on any atom is -0.464 e. The summed E-state index contributed by atoms with van der Waals surface area (Å²) in [5.74, 6) is -0.712. The largest absolute Gasteiger partial charge is 0.464 e. The standard InChI is InChI=1S/C20H21F3N4O2/c1-12-17-15(20(21,22)23)11-16(25-18(17)27(3)26-12)29-13(2)19(28)24-10-9-14-7-5-4-6-8-14/h4-8,11,13H,9-10H2,1-3H3,(H,24,28)/t13-/m0/s1. The summed E-state index contributed by atoms with van der Waals surface area (Å²) in [7, 11) is 1.51. The lowest BCUT2D eigenvalue weighted by molar-refractivity contribution is -0.136. The molecule has 3 aromatic rings. The highest BCUT2D eigenvalue weighted by molar-refractivity contribution is 5.84. The van der Waals surface area contributed by atoms with Crippen LogP contribution in [0.2, 0.25) is 0 Å². The minimum atomic E-state index is -4.60. The number of amides is 1. The smallest absolute Gasteiger partial charge is 0.417 e. The molecule has 9 heteroatoms. The van der Waals surface area contributed by atoms with E-state index in [9.17, 15) is 18.0 Å². The number of hydrogen-bond donors (Lipinski definition) is 1. The molecular weight excluding hydrogens is 385 g/mol. The van der Waals surface area contributed by atoms with Gasteiger partial charge in [-0.2, -0.15) is 23.3 Å². The molecule has 154 valence electrons. The van der Waals surface area contributed by atoms with Crippen LogP contribution in [0.1, 0.15) is 23.7 Å². The Bertz CT molecular complexity index is 1020. The first-order valence-electron chi connectivity index (χ1n) is 9.06. The van der Waals surface area contributed by atoms with Gasteiger partial charge in [-0.1, -0.05) is 30.3 Å². The number of fused-ring (bicyclic) bond motifs is 1. The number of ether oxygens (including phenoxy) is 1. The maximum absolute atomic E-state index is 13.5. The Balaban J connectivity index is 1.73. The number of carbonyl (C=O) groups is 1. The first-order chi connectivity index (χ1) is 13.7. The molecule has 29 heavy (non-hydrogen) atoms. The molecule has 0 aliphatic rings. The lowest BCUT2D eigenvalue weighted by Crippen LogP contribution is -2.37. The van der Waals surface area contributed by atoms with E-state index in [4.69, 9.17) is 4.74 Å². The van der Waals surface area contributed by atoms with Crippen molar-refractivity contribution in [3.8, 4) is 5.88 Å². The molecule has 1 atom stereocenters. The fraction of sp³-hybridized carbons (Fsp3) is 0.350. The maximum Gasteiger partial charge on any atom is 0.417 e. The Kier molecular flexibility index (Phi) is 5.76. The van der Waals surface area contributed by atoms with Gasteiger partial charge >= 0.3 is 6.18 Å². The van der Waals surface area contributed by atoms with Crippen molar-refractivity contribution in [3.05, 3.63) is 53.2 Å². The van der Waals surface area contributed by atoms with E-state index in [2.05, 4.69) is 15.4 Å². The van der Waals surface area contributed by atoms with Crippen LogP contribution in [0.15, 0.2) is 36.4 Å². The van der Waals surface area contributed by atoms with Gasteiger partial charge in [-0.25, -0.2) is 0 Å². The topological polar surface area (TPSA) is 69.0 Å². The van der Waals surface area contributed by atoms with Crippen LogP contribution >= 0.6 is 0 Å². The molecule has 0 saturated heterocycles. The number of hydrogen-bond acceptors (Lipinski definition) is 4. The molecule has 0 spiro atoms. The van der Waals surface area contributed by atoms with Crippen molar-refractivity contribution in [2.24, 2.45) is 7.05 Å². The average molecular weight is 406 g/mol. The third kappa shape index (κ3) is 4.67. The predicted octanol–water partition coefficient (Wildman–Crippen LogP) is 3.42. The lowest BCUT2D eigenvalue weighted by atomic mass is 10.1. The minimum absolute atomic E-state index is 0.0454. The molecule has 1 aromatic carbocycles. The summed E-state index contributed by atoms with van der Waals surface area (Å²) in [6.45, 7) is 3.34. The Morgan fingerprint density at radius 2 is 1.97 bits per heavy atom. The van der Waals surface area contributed by atoms with Crippen LogP contribution in [0.3, 0.4) is 0 Å². The number of rotatable bonds is 6. The molecule has 1 N–H and O–H groups in total. The first kappa shape index (κ1) is 20.6. The van der Waals surface area contributed by atoms with E-state index in [0.29, 0.717) is 13.0 Å². The summed E-state index contributed by atoms with van der Waals surface area (Å²) in [6, 6.07) is 10.4. The van der Waals surface area contributed by atoms with E-state index in [0.717, 1.165) is 11.6 Å². The molecule has 2 aromatic heterocycles. The van der Waals surface area contributed by atoms with E-state index in [-0.39, 0.29) is 22.6 Å². The zero-order chi connectivity index (χ0) is 21.2. The van der Waals surface area contributed by atoms with Gasteiger partial charge in [0.15, 0.2) is 11.8 Å². The third-order valence-corrected chi connectivity index (χ3v) is 4.47. The number of carbonyl (C=O) groups excluding carboxylic acids is 1. The van der Waals surface area contributed by atoms with E-state index in [1.807, 2.05) is 30.3 Å². The van der Waals surface area contributed by atoms with Gasteiger partial charge in [0.1, 0.15) is 0 Å². The molecular formula is C20H21F3N4O2. The molecule has 0 bridgehead atoms. The van der Waals surface area contributed by atoms with Gasteiger partial charge in [0.2, 0.25) is 5.88 Å². The highest BCUT2D eigenvalue weighted by Gasteiger charge is 2.36. The van der Waals surface area contributed by atoms with E-state index in [1.165, 1.54) is 25.6 Å². The summed E-state index contributed by atoms with van der Waals surface area (Å²) in [6.07, 6.45) is -4.98. The first-order valence-corrected chi connectivity index (χ1v) is 9.06. The van der Waals surface area contributed by atoms with Crippen LogP contribution in [-0.2, 0) is 24.4 Å². The summed E-state index contributed by atoms with van der Waals surface area (Å²) in [5.41, 5.74) is 0.444. The molecule has 3 rings (SSSR count). The van der Waals surface area contributed by atoms with E-state index >= 15 is 0 Å². The van der Waals surface area contributed by atoms with Crippen molar-refractivity contribution in [2.75, 3.05) is 6.54 Å². The molecule has 0 fully saturated rings. The number of alkyl halides is 3. The second-order valence-electron chi connectivity index (χ2n) is 6.70. The number of nitrogens with one attached hydrogen (secondary N) is 1. The monoisotopic (exact) mass is 406 g/mol. The summed E-state index contributed by atoms with van der Waals surface area (Å²) in [5, 5.41) is 6.65. The number of halogens is 3. The summed E-state index contributed by atoms with van der Waals surface area (Å²) in [4.78, 5) is 16.4. The second-order valence-corrected chi connectivity index (χ2v) is 6.70. The molecule has 0 aliphatic carbocycles. The third-order valence-electron chi connectivity index (χ3n) is 4.47. The molecule has 0 saturated carbocycles. The fourth-order valence-corrected chi connectivity index (χ4v) is 3.06. The lowest BCUT2D eigenvalue weighted by Gasteiger charge is -2.16. The molecule has 0 radical (unpaired) electrons. The van der Waals surface area contributed by atoms with Crippen LogP contribution < -0.4 is 10.1 Å². The SMILES string of the molecule is Cc1nn(C)c2nc(O[C@@H](C)C(=O)NCCc3ccccc3)cc(C(F)(F)F)c12. The zero-order valence-corrected chi connectivity index (χ0v) is 16.2. The Morgan fingerprint density at radius 3 is 2.62 bits per heavy atom. The average Bonchev–Trinajstić information content (AvgIpc) is 2.95. The normalized spacial score (nSPS) is 12.8. The fourth-order valence-electron chi connectivity index (χ4n) is 3.06. The second kappa shape index (κ2) is 8.10. The molecule has 0 aliphatic heterocycles. The van der Waals surface area contributed by atoms with Crippen LogP contribution in [-0.4, -0.2) is 33.3 Å². The summed E-state index contributed by atoms with van der Waals surface area (Å²) < 4.78 is 47.2. The van der Waals surface area contributed by atoms with Gasteiger partial charge in [-0.3, -0.25) is 9.48 Å². The Hall–Kier alpha value is -3.10. The van der Waals surface area contributed by atoms with Gasteiger partial charge in [0.25, 0.3) is 5.91 Å². The van der Waals surface area contributed by atoms with Crippen LogP contribution in [0, 0.1) is 6.92 Å². The highest BCUT2D eigenvalue weighted by atomic mass is 19.4. The summed E-state index contributed by atoms with van der Waals surface area (Å²) >= 11 is 0. The van der Waals surface area contributed by atoms with Crippen molar-refractivity contribution in [1.82, 2.24) is 20.1 Å². The highest BCUT2D eigenvalue weighted by Crippen LogP contribution is 2.37. The number of nitrogens with zero attached hydrogens (tertiary/aromatic N) is 3. The molecule has 6 nitrogen and oxygen atoms in total. The molecule has 2 heterocycles. The zero-order valence-electron chi connectivity index (χ0n) is 16.2. The van der Waals surface area contributed by atoms with Gasteiger partial charge in [0, 0.05) is 19.7 Å². The van der Waals surface area contributed by atoms with Crippen LogP contribution in [0.5, 0.6) is 5.88 Å². The van der Waals surface area contributed by atoms with Crippen molar-refractivity contribution in [3.63, 3.8) is 0 Å². The molecule has 1 amide bonds. The van der Waals surface area contributed by atoms with E-state index < -0.39 is 23.8 Å². The number of aromatic nitrogens is 3. The Morgan fingerprint density at radius 1 is 1.28 bits per heavy atom. The number of aryl methyl sites for hydroxylation is 2. The maximum atomic E-state index is 13.5. The van der Waals surface area contributed by atoms with Crippen LogP contribution in [0.4, 0.5) is 13.2 Å². The van der Waals surface area contributed by atoms with Gasteiger partial charge in [0.05, 0.1) is 16.6 Å². The van der Waals surface area contributed by atoms with Crippen molar-refractivity contribution >= 4 is 16.9 Å². The van der Waals surface area contributed by atoms with Gasteiger partial charge in [-0.15, -0.1) is 0 Å². The van der Waals surface area contributed by atoms with Crippen LogP contribution in [0.25, 0.3) is 11.0 Å². The predicted molar refractivity (Wildman–Crippen MR) is 101 cm³/mol. The van der Waals surface area contributed by atoms with Gasteiger partial charge < -0.3 is 10.1 Å². The van der Waals surface area contributed by atoms with Crippen molar-refractivity contribution in [2.45, 2.75) is 32.5 Å². The Labute approximate surface area is 165 Å². The quantitative estimate of drug-likeness (QED) is 0.681. The van der Waals surface area contributed by atoms with Gasteiger partial charge in [-0.05, 0) is 25.8 Å². The van der Waals surface area contributed by atoms with Crippen molar-refractivity contribution < 1.29 is 22.7 Å². The van der Waals surface area contributed by atoms with Crippen molar-refractivity contribution in [1.29, 1.82) is 0 Å².